The second kappa shape index (κ2) is 4.77. The predicted molar refractivity (Wildman–Crippen MR) is 39.2 cm³/mol. The Balaban J connectivity index is 0.000000640. The number of hydrogen-bond donors (Lipinski definition) is 0. The van der Waals surface area contributed by atoms with Crippen LogP contribution in [0.2, 0.25) is 0 Å². The van der Waals surface area contributed by atoms with E-state index in [1.165, 1.54) is 12.8 Å². The molecule has 0 aromatic carbocycles. The minimum absolute atomic E-state index is 0. The Morgan fingerprint density at radius 2 is 1.89 bits per heavy atom. The molecule has 2 nitrogen and oxygen atoms in total. The average Bonchev–Trinajstić information content (AvgIpc) is 2.19. The van der Waals surface area contributed by atoms with Gasteiger partial charge >= 0.3 is 0 Å². The first-order chi connectivity index (χ1) is 3.93. The molecule has 0 aromatic heterocycles. The number of hydrogen-bond acceptors (Lipinski definition) is 2. The number of hydroxylamine groups is 2. The fraction of sp³-hybridized carbons (Fsp3) is 1.00. The van der Waals surface area contributed by atoms with Crippen LogP contribution < -0.4 is 0 Å². The molecule has 0 unspecified atom stereocenters. The quantitative estimate of drug-likeness (QED) is 0.565. The third kappa shape index (κ3) is 2.82. The van der Waals surface area contributed by atoms with Crippen LogP contribution in [0.4, 0.5) is 0 Å². The van der Waals surface area contributed by atoms with Crippen molar-refractivity contribution in [3.8, 4) is 0 Å². The zero-order valence-electron chi connectivity index (χ0n) is 5.39. The van der Waals surface area contributed by atoms with Gasteiger partial charge in [-0.2, -0.15) is 5.06 Å². The molecule has 0 aromatic rings. The summed E-state index contributed by atoms with van der Waals surface area (Å²) in [5.41, 5.74) is 0. The molecule has 0 aliphatic carbocycles. The summed E-state index contributed by atoms with van der Waals surface area (Å²) in [5, 5.41) is 2.04. The third-order valence-electron chi connectivity index (χ3n) is 1.38. The molecule has 1 aliphatic heterocycles. The monoisotopic (exact) mass is 131 g/mol. The zero-order valence-corrected chi connectivity index (χ0v) is 5.39. The molecule has 2 heteroatoms. The fourth-order valence-corrected chi connectivity index (χ4v) is 1.000. The van der Waals surface area contributed by atoms with E-state index in [-0.39, 0.29) is 7.43 Å². The average molecular weight is 131 g/mol. The Morgan fingerprint density at radius 1 is 1.33 bits per heavy atom. The van der Waals surface area contributed by atoms with Gasteiger partial charge in [-0.15, -0.1) is 0 Å². The summed E-state index contributed by atoms with van der Waals surface area (Å²) in [7, 11) is 0. The molecule has 0 amide bonds. The van der Waals surface area contributed by atoms with Crippen molar-refractivity contribution >= 4 is 0 Å². The van der Waals surface area contributed by atoms with E-state index in [9.17, 15) is 0 Å². The van der Waals surface area contributed by atoms with Crippen molar-refractivity contribution in [2.24, 2.45) is 0 Å². The Labute approximate surface area is 57.8 Å². The van der Waals surface area contributed by atoms with E-state index < -0.39 is 0 Å². The number of nitrogens with zero attached hydrogens (tertiary/aromatic N) is 1. The van der Waals surface area contributed by atoms with Gasteiger partial charge in [0.1, 0.15) is 0 Å². The second-order valence-electron chi connectivity index (χ2n) is 2.05. The molecule has 0 saturated carbocycles. The van der Waals surface area contributed by atoms with Gasteiger partial charge in [-0.3, -0.25) is 4.84 Å². The van der Waals surface area contributed by atoms with E-state index in [4.69, 9.17) is 4.84 Å². The predicted octanol–water partition coefficient (Wildman–Crippen LogP) is 1.67. The molecule has 0 radical (unpaired) electrons. The van der Waals surface area contributed by atoms with Crippen molar-refractivity contribution in [1.29, 1.82) is 0 Å². The van der Waals surface area contributed by atoms with Crippen molar-refractivity contribution in [2.75, 3.05) is 19.7 Å². The maximum absolute atomic E-state index is 5.24. The molecule has 9 heavy (non-hydrogen) atoms. The lowest BCUT2D eigenvalue weighted by atomic mass is 10.4. The van der Waals surface area contributed by atoms with Crippen LogP contribution >= 0.6 is 0 Å². The maximum Gasteiger partial charge on any atom is 0.0656 e. The normalized spacial score (nSPS) is 19.7. The van der Waals surface area contributed by atoms with Crippen molar-refractivity contribution < 1.29 is 4.84 Å². The van der Waals surface area contributed by atoms with Crippen LogP contribution in [-0.2, 0) is 4.84 Å². The maximum atomic E-state index is 5.24. The van der Waals surface area contributed by atoms with Crippen LogP contribution in [0.1, 0.15) is 27.2 Å². The molecule has 0 N–H and O–H groups in total. The van der Waals surface area contributed by atoms with Crippen LogP contribution in [0.25, 0.3) is 0 Å². The van der Waals surface area contributed by atoms with Gasteiger partial charge < -0.3 is 0 Å². The first-order valence-corrected chi connectivity index (χ1v) is 3.31. The fourth-order valence-electron chi connectivity index (χ4n) is 1.000. The van der Waals surface area contributed by atoms with Crippen molar-refractivity contribution in [1.82, 2.24) is 5.06 Å². The van der Waals surface area contributed by atoms with Crippen molar-refractivity contribution in [2.45, 2.75) is 27.2 Å². The van der Waals surface area contributed by atoms with E-state index in [1.807, 2.05) is 12.0 Å². The Kier molecular flexibility index (Phi) is 4.72. The van der Waals surface area contributed by atoms with Gasteiger partial charge in [0.15, 0.2) is 0 Å². The SMILES string of the molecule is C.CCON1CCCC1. The van der Waals surface area contributed by atoms with E-state index >= 15 is 0 Å². The molecule has 1 saturated heterocycles. The smallest absolute Gasteiger partial charge is 0.0656 e. The summed E-state index contributed by atoms with van der Waals surface area (Å²) < 4.78 is 0. The highest BCUT2D eigenvalue weighted by atomic mass is 16.7. The van der Waals surface area contributed by atoms with Gasteiger partial charge in [0.05, 0.1) is 6.61 Å². The molecule has 0 atom stereocenters. The summed E-state index contributed by atoms with van der Waals surface area (Å²) in [6.45, 7) is 5.11. The van der Waals surface area contributed by atoms with E-state index in [0.29, 0.717) is 0 Å². The summed E-state index contributed by atoms with van der Waals surface area (Å²) in [4.78, 5) is 5.24. The topological polar surface area (TPSA) is 12.5 Å². The molecule has 1 heterocycles. The van der Waals surface area contributed by atoms with E-state index in [0.717, 1.165) is 19.7 Å². The summed E-state index contributed by atoms with van der Waals surface area (Å²) in [6.07, 6.45) is 2.61. The van der Waals surface area contributed by atoms with Gasteiger partial charge in [0, 0.05) is 13.1 Å². The second-order valence-corrected chi connectivity index (χ2v) is 2.05. The standard InChI is InChI=1S/C6H13NO.CH4/c1-2-8-7-5-3-4-6-7;/h2-6H2,1H3;1H4. The summed E-state index contributed by atoms with van der Waals surface area (Å²) in [5.74, 6) is 0. The van der Waals surface area contributed by atoms with Crippen LogP contribution in [0.3, 0.4) is 0 Å². The summed E-state index contributed by atoms with van der Waals surface area (Å²) in [6, 6.07) is 0. The Hall–Kier alpha value is -0.0800. The van der Waals surface area contributed by atoms with Crippen molar-refractivity contribution in [3.63, 3.8) is 0 Å². The highest BCUT2D eigenvalue weighted by Crippen LogP contribution is 2.06. The number of rotatable bonds is 2. The van der Waals surface area contributed by atoms with Crippen LogP contribution in [-0.4, -0.2) is 24.8 Å². The lowest BCUT2D eigenvalue weighted by Crippen LogP contribution is -2.19. The first-order valence-electron chi connectivity index (χ1n) is 3.31. The van der Waals surface area contributed by atoms with Crippen LogP contribution in [0.15, 0.2) is 0 Å². The minimum Gasteiger partial charge on any atom is -0.299 e. The Morgan fingerprint density at radius 3 is 2.33 bits per heavy atom. The lowest BCUT2D eigenvalue weighted by Gasteiger charge is -2.11. The van der Waals surface area contributed by atoms with Gasteiger partial charge in [-0.1, -0.05) is 7.43 Å². The van der Waals surface area contributed by atoms with Crippen LogP contribution in [0, 0.1) is 0 Å². The zero-order chi connectivity index (χ0) is 5.82. The van der Waals surface area contributed by atoms with Gasteiger partial charge in [-0.05, 0) is 19.8 Å². The minimum atomic E-state index is 0. The van der Waals surface area contributed by atoms with Gasteiger partial charge in [-0.25, -0.2) is 0 Å². The van der Waals surface area contributed by atoms with E-state index in [2.05, 4.69) is 0 Å². The first kappa shape index (κ1) is 8.92. The van der Waals surface area contributed by atoms with Gasteiger partial charge in [0.25, 0.3) is 0 Å². The third-order valence-corrected chi connectivity index (χ3v) is 1.38. The Bertz CT molecular complexity index is 59.9. The van der Waals surface area contributed by atoms with E-state index in [1.54, 1.807) is 0 Å². The van der Waals surface area contributed by atoms with Gasteiger partial charge in [0.2, 0.25) is 0 Å². The van der Waals surface area contributed by atoms with Crippen molar-refractivity contribution in [3.05, 3.63) is 0 Å². The highest BCUT2D eigenvalue weighted by Gasteiger charge is 2.09. The molecule has 1 rings (SSSR count). The molecule has 1 aliphatic rings. The molecular weight excluding hydrogens is 114 g/mol. The largest absolute Gasteiger partial charge is 0.299 e. The lowest BCUT2D eigenvalue weighted by molar-refractivity contribution is -0.137. The summed E-state index contributed by atoms with van der Waals surface area (Å²) >= 11 is 0. The highest BCUT2D eigenvalue weighted by molar-refractivity contribution is 4.56. The molecule has 0 bridgehead atoms. The molecule has 1 fully saturated rings. The molecule has 56 valence electrons. The molecular formula is C7H17NO. The molecule has 0 spiro atoms. The van der Waals surface area contributed by atoms with Crippen LogP contribution in [0.5, 0.6) is 0 Å².